The van der Waals surface area contributed by atoms with Crippen LogP contribution in [0.1, 0.15) is 17.3 Å². The summed E-state index contributed by atoms with van der Waals surface area (Å²) in [4.78, 5) is 12.2. The molecule has 1 aromatic heterocycles. The minimum Gasteiger partial charge on any atom is -0.508 e. The average Bonchev–Trinajstić information content (AvgIpc) is 3.04. The highest BCUT2D eigenvalue weighted by molar-refractivity contribution is 7.99. The second kappa shape index (κ2) is 7.31. The van der Waals surface area contributed by atoms with E-state index in [9.17, 15) is 9.90 Å². The van der Waals surface area contributed by atoms with Crippen molar-refractivity contribution in [3.8, 4) is 17.1 Å². The van der Waals surface area contributed by atoms with Crippen molar-refractivity contribution in [1.82, 2.24) is 14.8 Å². The maximum absolute atomic E-state index is 12.2. The number of aromatic nitrogens is 3. The Balaban J connectivity index is 1.75. The van der Waals surface area contributed by atoms with Gasteiger partial charge in [-0.3, -0.25) is 4.79 Å². The van der Waals surface area contributed by atoms with Crippen molar-refractivity contribution >= 4 is 17.5 Å². The summed E-state index contributed by atoms with van der Waals surface area (Å²) in [6.07, 6.45) is 0. The van der Waals surface area contributed by atoms with Gasteiger partial charge in [0, 0.05) is 17.7 Å². The summed E-state index contributed by atoms with van der Waals surface area (Å²) in [5, 5.41) is 18.5. The number of phenols is 1. The van der Waals surface area contributed by atoms with Gasteiger partial charge >= 0.3 is 0 Å². The fraction of sp³-hybridized carbons (Fsp3) is 0.167. The van der Waals surface area contributed by atoms with Crippen LogP contribution in [0.2, 0.25) is 0 Å². The van der Waals surface area contributed by atoms with Gasteiger partial charge in [-0.1, -0.05) is 42.1 Å². The zero-order valence-electron chi connectivity index (χ0n) is 13.2. The molecule has 24 heavy (non-hydrogen) atoms. The van der Waals surface area contributed by atoms with Crippen LogP contribution in [0.5, 0.6) is 5.75 Å². The van der Waals surface area contributed by atoms with E-state index in [-0.39, 0.29) is 17.3 Å². The van der Waals surface area contributed by atoms with Crippen molar-refractivity contribution in [3.63, 3.8) is 0 Å². The third kappa shape index (κ3) is 3.49. The fourth-order valence-electron chi connectivity index (χ4n) is 2.34. The van der Waals surface area contributed by atoms with Crippen molar-refractivity contribution in [2.45, 2.75) is 18.6 Å². The molecule has 0 spiro atoms. The van der Waals surface area contributed by atoms with Crippen LogP contribution in [-0.2, 0) is 6.54 Å². The van der Waals surface area contributed by atoms with E-state index in [1.807, 2.05) is 41.8 Å². The largest absolute Gasteiger partial charge is 0.508 e. The van der Waals surface area contributed by atoms with Gasteiger partial charge < -0.3 is 9.67 Å². The van der Waals surface area contributed by atoms with Crippen LogP contribution in [0.4, 0.5) is 0 Å². The number of phenolic OH excluding ortho intramolecular Hbond substituents is 1. The lowest BCUT2D eigenvalue weighted by atomic mass is 10.1. The SMILES string of the molecule is CCn1c(SCC(=O)c2ccc(O)cc2)nnc1-c1ccccc1. The number of aromatic hydroxyl groups is 1. The highest BCUT2D eigenvalue weighted by Crippen LogP contribution is 2.24. The van der Waals surface area contributed by atoms with Gasteiger partial charge in [0.2, 0.25) is 0 Å². The quantitative estimate of drug-likeness (QED) is 0.548. The van der Waals surface area contributed by atoms with Crippen LogP contribution in [-0.4, -0.2) is 31.4 Å². The number of benzene rings is 2. The van der Waals surface area contributed by atoms with Gasteiger partial charge in [-0.2, -0.15) is 0 Å². The Labute approximate surface area is 144 Å². The molecule has 0 aliphatic heterocycles. The number of hydrogen-bond donors (Lipinski definition) is 1. The number of carbonyl (C=O) groups excluding carboxylic acids is 1. The highest BCUT2D eigenvalue weighted by atomic mass is 32.2. The van der Waals surface area contributed by atoms with Crippen molar-refractivity contribution in [3.05, 3.63) is 60.2 Å². The first kappa shape index (κ1) is 16.3. The molecule has 0 amide bonds. The molecular weight excluding hydrogens is 322 g/mol. The number of carbonyl (C=O) groups is 1. The molecule has 0 aliphatic carbocycles. The van der Waals surface area contributed by atoms with Crippen LogP contribution < -0.4 is 0 Å². The van der Waals surface area contributed by atoms with Crippen molar-refractivity contribution in [2.75, 3.05) is 5.75 Å². The van der Waals surface area contributed by atoms with Crippen LogP contribution >= 0.6 is 11.8 Å². The van der Waals surface area contributed by atoms with Crippen molar-refractivity contribution in [1.29, 1.82) is 0 Å². The third-order valence-electron chi connectivity index (χ3n) is 3.59. The molecule has 0 saturated carbocycles. The summed E-state index contributed by atoms with van der Waals surface area (Å²) < 4.78 is 2.00. The molecule has 0 bridgehead atoms. The Hall–Kier alpha value is -2.60. The Morgan fingerprint density at radius 2 is 1.79 bits per heavy atom. The normalized spacial score (nSPS) is 10.7. The molecule has 3 rings (SSSR count). The monoisotopic (exact) mass is 339 g/mol. The summed E-state index contributed by atoms with van der Waals surface area (Å²) in [6, 6.07) is 16.1. The van der Waals surface area contributed by atoms with E-state index in [0.717, 1.165) is 23.1 Å². The highest BCUT2D eigenvalue weighted by Gasteiger charge is 2.15. The van der Waals surface area contributed by atoms with Crippen molar-refractivity contribution in [2.24, 2.45) is 0 Å². The average molecular weight is 339 g/mol. The molecule has 0 atom stereocenters. The zero-order chi connectivity index (χ0) is 16.9. The van der Waals surface area contributed by atoms with E-state index < -0.39 is 0 Å². The molecule has 0 fully saturated rings. The maximum Gasteiger partial charge on any atom is 0.191 e. The summed E-state index contributed by atoms with van der Waals surface area (Å²) in [7, 11) is 0. The minimum atomic E-state index is -0.00749. The standard InChI is InChI=1S/C18H17N3O2S/c1-2-21-17(14-6-4-3-5-7-14)19-20-18(21)24-12-16(23)13-8-10-15(22)11-9-13/h3-11,22H,2,12H2,1H3. The van der Waals surface area contributed by atoms with E-state index in [1.54, 1.807) is 12.1 Å². The molecule has 2 aromatic carbocycles. The first-order valence-corrected chi connectivity index (χ1v) is 8.61. The smallest absolute Gasteiger partial charge is 0.191 e. The van der Waals surface area contributed by atoms with Gasteiger partial charge in [-0.05, 0) is 31.2 Å². The molecule has 0 unspecified atom stereocenters. The lowest BCUT2D eigenvalue weighted by molar-refractivity contribution is 0.102. The summed E-state index contributed by atoms with van der Waals surface area (Å²) >= 11 is 1.37. The van der Waals surface area contributed by atoms with Gasteiger partial charge in [0.25, 0.3) is 0 Å². The predicted molar refractivity (Wildman–Crippen MR) is 94.3 cm³/mol. The van der Waals surface area contributed by atoms with Crippen LogP contribution in [0.3, 0.4) is 0 Å². The lowest BCUT2D eigenvalue weighted by Crippen LogP contribution is -2.05. The molecule has 1 N–H and O–H groups in total. The van der Waals surface area contributed by atoms with E-state index >= 15 is 0 Å². The first-order chi connectivity index (χ1) is 11.7. The van der Waals surface area contributed by atoms with Crippen LogP contribution in [0.15, 0.2) is 59.8 Å². The zero-order valence-corrected chi connectivity index (χ0v) is 14.0. The minimum absolute atomic E-state index is 0.00749. The number of ketones is 1. The van der Waals surface area contributed by atoms with E-state index in [4.69, 9.17) is 0 Å². The Kier molecular flexibility index (Phi) is 4.96. The number of thioether (sulfide) groups is 1. The van der Waals surface area contributed by atoms with Gasteiger partial charge in [0.15, 0.2) is 16.8 Å². The summed E-state index contributed by atoms with van der Waals surface area (Å²) in [5.41, 5.74) is 1.58. The molecule has 1 heterocycles. The fourth-order valence-corrected chi connectivity index (χ4v) is 3.24. The van der Waals surface area contributed by atoms with E-state index in [1.165, 1.54) is 23.9 Å². The van der Waals surface area contributed by atoms with E-state index in [2.05, 4.69) is 10.2 Å². The predicted octanol–water partition coefficient (Wildman–Crippen LogP) is 3.65. The Morgan fingerprint density at radius 1 is 1.08 bits per heavy atom. The number of Topliss-reactive ketones (excluding diaryl/α,β-unsaturated/α-hetero) is 1. The Morgan fingerprint density at radius 3 is 2.46 bits per heavy atom. The van der Waals surface area contributed by atoms with Gasteiger partial charge in [-0.25, -0.2) is 0 Å². The third-order valence-corrected chi connectivity index (χ3v) is 4.55. The topological polar surface area (TPSA) is 68.0 Å². The van der Waals surface area contributed by atoms with Gasteiger partial charge in [0.1, 0.15) is 5.75 Å². The molecule has 0 saturated heterocycles. The van der Waals surface area contributed by atoms with Crippen LogP contribution in [0.25, 0.3) is 11.4 Å². The second-order valence-corrected chi connectivity index (χ2v) is 6.12. The van der Waals surface area contributed by atoms with Crippen LogP contribution in [0, 0.1) is 0 Å². The number of nitrogens with zero attached hydrogens (tertiary/aromatic N) is 3. The first-order valence-electron chi connectivity index (χ1n) is 7.62. The maximum atomic E-state index is 12.2. The second-order valence-electron chi connectivity index (χ2n) is 5.18. The van der Waals surface area contributed by atoms with Gasteiger partial charge in [-0.15, -0.1) is 10.2 Å². The molecule has 6 heteroatoms. The van der Waals surface area contributed by atoms with E-state index in [0.29, 0.717) is 5.56 Å². The summed E-state index contributed by atoms with van der Waals surface area (Å²) in [6.45, 7) is 2.76. The number of rotatable bonds is 6. The Bertz CT molecular complexity index is 829. The molecule has 122 valence electrons. The lowest BCUT2D eigenvalue weighted by Gasteiger charge is -2.07. The number of hydrogen-bond acceptors (Lipinski definition) is 5. The molecule has 5 nitrogen and oxygen atoms in total. The molecular formula is C18H17N3O2S. The van der Waals surface area contributed by atoms with Crippen molar-refractivity contribution < 1.29 is 9.90 Å². The molecule has 3 aromatic rings. The molecule has 0 aliphatic rings. The summed E-state index contributed by atoms with van der Waals surface area (Å²) in [5.74, 6) is 1.22. The van der Waals surface area contributed by atoms with Gasteiger partial charge in [0.05, 0.1) is 5.75 Å². The molecule has 0 radical (unpaired) electrons.